The molecular formula is C42H48N8O6. The number of aromatic amines is 2. The number of nitrogens with zero attached hydrogens (tertiary/aromatic N) is 4. The molecule has 2 fully saturated rings. The highest BCUT2D eigenvalue weighted by molar-refractivity contribution is 5.94. The topological polar surface area (TPSA) is 175 Å². The molecule has 292 valence electrons. The summed E-state index contributed by atoms with van der Waals surface area (Å²) in [7, 11) is 2.55. The number of benzene rings is 2. The summed E-state index contributed by atoms with van der Waals surface area (Å²) in [4.78, 5) is 70.8. The number of amides is 4. The summed E-state index contributed by atoms with van der Waals surface area (Å²) >= 11 is 0. The number of imidazole rings is 2. The number of aromatic nitrogens is 4. The molecule has 4 aromatic rings. The van der Waals surface area contributed by atoms with Gasteiger partial charge < -0.3 is 39.9 Å². The van der Waals surface area contributed by atoms with Crippen LogP contribution in [-0.4, -0.2) is 93.1 Å². The van der Waals surface area contributed by atoms with Gasteiger partial charge in [-0.1, -0.05) is 70.0 Å². The number of rotatable bonds is 9. The van der Waals surface area contributed by atoms with E-state index in [1.807, 2.05) is 64.1 Å². The minimum Gasteiger partial charge on any atom is -0.453 e. The minimum atomic E-state index is -0.727. The fourth-order valence-corrected chi connectivity index (χ4v) is 7.42. The Kier molecular flexibility index (Phi) is 12.3. The van der Waals surface area contributed by atoms with Crippen LogP contribution in [0.2, 0.25) is 0 Å². The van der Waals surface area contributed by atoms with E-state index >= 15 is 0 Å². The second-order valence-electron chi connectivity index (χ2n) is 14.7. The maximum atomic E-state index is 13.7. The Morgan fingerprint density at radius 3 is 1.89 bits per heavy atom. The van der Waals surface area contributed by atoms with E-state index in [4.69, 9.17) is 14.5 Å². The van der Waals surface area contributed by atoms with Crippen molar-refractivity contribution in [3.05, 3.63) is 71.7 Å². The summed E-state index contributed by atoms with van der Waals surface area (Å²) in [5, 5.41) is 7.34. The van der Waals surface area contributed by atoms with Crippen LogP contribution in [0.5, 0.6) is 0 Å². The summed E-state index contributed by atoms with van der Waals surface area (Å²) in [6, 6.07) is 10.0. The Labute approximate surface area is 326 Å². The van der Waals surface area contributed by atoms with Gasteiger partial charge in [0.15, 0.2) is 0 Å². The molecule has 2 aliphatic rings. The van der Waals surface area contributed by atoms with Crippen LogP contribution in [0.4, 0.5) is 9.59 Å². The van der Waals surface area contributed by atoms with Crippen LogP contribution in [0.15, 0.2) is 48.8 Å². The van der Waals surface area contributed by atoms with Crippen molar-refractivity contribution in [1.29, 1.82) is 0 Å². The van der Waals surface area contributed by atoms with Crippen molar-refractivity contribution in [2.75, 3.05) is 27.3 Å². The third-order valence-corrected chi connectivity index (χ3v) is 10.3. The lowest BCUT2D eigenvalue weighted by Crippen LogP contribution is -2.51. The summed E-state index contributed by atoms with van der Waals surface area (Å²) < 4.78 is 9.52. The van der Waals surface area contributed by atoms with Gasteiger partial charge in [0.1, 0.15) is 29.4 Å². The molecule has 4 N–H and O–H groups in total. The molecule has 4 heterocycles. The average Bonchev–Trinajstić information content (AvgIpc) is 4.03. The van der Waals surface area contributed by atoms with E-state index in [-0.39, 0.29) is 35.7 Å². The van der Waals surface area contributed by atoms with Crippen molar-refractivity contribution in [2.45, 2.75) is 77.5 Å². The van der Waals surface area contributed by atoms with Crippen LogP contribution in [0, 0.1) is 35.5 Å². The van der Waals surface area contributed by atoms with Crippen LogP contribution < -0.4 is 10.6 Å². The van der Waals surface area contributed by atoms with Gasteiger partial charge in [0.2, 0.25) is 11.8 Å². The van der Waals surface area contributed by atoms with Crippen molar-refractivity contribution in [3.63, 3.8) is 0 Å². The summed E-state index contributed by atoms with van der Waals surface area (Å²) in [6.07, 6.45) is 5.19. The second-order valence-corrected chi connectivity index (χ2v) is 14.7. The van der Waals surface area contributed by atoms with Crippen LogP contribution in [0.25, 0.3) is 22.0 Å². The first kappa shape index (κ1) is 39.4. The number of fused-ring (bicyclic) bond motifs is 1. The molecule has 0 bridgehead atoms. The van der Waals surface area contributed by atoms with Gasteiger partial charge in [-0.05, 0) is 66.1 Å². The van der Waals surface area contributed by atoms with Gasteiger partial charge in [0.05, 0.1) is 44.4 Å². The highest BCUT2D eigenvalue weighted by atomic mass is 16.5. The Hall–Kier alpha value is -6.28. The first-order valence-corrected chi connectivity index (χ1v) is 18.9. The number of hydrogen-bond donors (Lipinski definition) is 4. The van der Waals surface area contributed by atoms with Gasteiger partial charge in [-0.3, -0.25) is 9.59 Å². The van der Waals surface area contributed by atoms with E-state index in [2.05, 4.69) is 49.3 Å². The number of carbonyl (C=O) groups is 4. The number of methoxy groups -OCH3 is 2. The molecule has 2 saturated heterocycles. The maximum Gasteiger partial charge on any atom is 0.407 e. The minimum absolute atomic E-state index is 0.133. The lowest BCUT2D eigenvalue weighted by Gasteiger charge is -2.30. The average molecular weight is 761 g/mol. The Bertz CT molecular complexity index is 2220. The summed E-state index contributed by atoms with van der Waals surface area (Å²) in [6.45, 7) is 8.64. The second kappa shape index (κ2) is 17.5. The molecule has 0 radical (unpaired) electrons. The van der Waals surface area contributed by atoms with Crippen molar-refractivity contribution in [3.8, 4) is 34.9 Å². The molecule has 0 unspecified atom stereocenters. The fourth-order valence-electron chi connectivity index (χ4n) is 7.42. The van der Waals surface area contributed by atoms with E-state index in [0.29, 0.717) is 30.4 Å². The van der Waals surface area contributed by atoms with Crippen LogP contribution in [0.3, 0.4) is 0 Å². The van der Waals surface area contributed by atoms with Gasteiger partial charge in [-0.15, -0.1) is 0 Å². The van der Waals surface area contributed by atoms with Gasteiger partial charge in [-0.2, -0.15) is 0 Å². The standard InChI is InChI=1S/C42H48N8O6/c1-25(2)35(47-41(53)55-5)39(51)49-21-11-17-33(49)37-43-23-28(45-37)14-8-10-16-30-29-15-9-7-13-27(29)19-20-31(30)32-24-44-38(46-32)34-18-12-22-50(34)40(52)36(26(3)4)48-42(54)56-6/h7,9,13,15,19-20,23-26,33-36H,11-12,17-18,21-22H2,1-6H3,(H,43,45)(H,44,46)(H,47,53)(H,48,54)/t33-,34-,35-,36-/m0/s1. The lowest BCUT2D eigenvalue weighted by atomic mass is 9.97. The number of hydrogen-bond acceptors (Lipinski definition) is 8. The van der Waals surface area contributed by atoms with Crippen molar-refractivity contribution in [2.24, 2.45) is 11.8 Å². The van der Waals surface area contributed by atoms with E-state index in [9.17, 15) is 19.2 Å². The van der Waals surface area contributed by atoms with Gasteiger partial charge in [-0.25, -0.2) is 19.6 Å². The molecule has 2 aliphatic heterocycles. The van der Waals surface area contributed by atoms with Gasteiger partial charge in [0.25, 0.3) is 0 Å². The normalized spacial score (nSPS) is 17.5. The Morgan fingerprint density at radius 1 is 0.750 bits per heavy atom. The Morgan fingerprint density at radius 2 is 1.30 bits per heavy atom. The molecule has 4 atom stereocenters. The third kappa shape index (κ3) is 8.50. The summed E-state index contributed by atoms with van der Waals surface area (Å²) in [5.74, 6) is 13.0. The molecule has 14 nitrogen and oxygen atoms in total. The molecular weight excluding hydrogens is 713 g/mol. The molecule has 2 aromatic heterocycles. The molecule has 6 rings (SSSR count). The SMILES string of the molecule is COC(=O)N[C@H](C(=O)N1CCC[C@H]1c1ncc(C#CC#Cc2c(-c3cnc([C@@H]4CCCN4C(=O)[C@@H](NC(=O)OC)C(C)C)[nH]3)ccc3ccccc23)[nH]1)C(C)C. The fraction of sp³-hybridized carbons (Fsp3) is 0.429. The van der Waals surface area contributed by atoms with Crippen LogP contribution >= 0.6 is 0 Å². The van der Waals surface area contributed by atoms with Gasteiger partial charge in [0, 0.05) is 24.2 Å². The number of carbonyl (C=O) groups excluding carboxylic acids is 4. The zero-order valence-electron chi connectivity index (χ0n) is 32.6. The van der Waals surface area contributed by atoms with E-state index in [1.54, 1.807) is 22.2 Å². The van der Waals surface area contributed by atoms with E-state index in [1.165, 1.54) is 14.2 Å². The monoisotopic (exact) mass is 760 g/mol. The number of nitrogens with one attached hydrogen (secondary N) is 4. The van der Waals surface area contributed by atoms with E-state index in [0.717, 1.165) is 53.3 Å². The molecule has 0 aliphatic carbocycles. The molecule has 4 amide bonds. The third-order valence-electron chi connectivity index (χ3n) is 10.3. The van der Waals surface area contributed by atoms with Crippen molar-refractivity contribution < 1.29 is 28.7 Å². The zero-order chi connectivity index (χ0) is 39.9. The van der Waals surface area contributed by atoms with Crippen LogP contribution in [-0.2, 0) is 19.1 Å². The van der Waals surface area contributed by atoms with E-state index < -0.39 is 24.3 Å². The van der Waals surface area contributed by atoms with Crippen LogP contribution in [0.1, 0.15) is 88.4 Å². The number of alkyl carbamates (subject to hydrolysis) is 2. The highest BCUT2D eigenvalue weighted by Crippen LogP contribution is 2.35. The Balaban J connectivity index is 1.23. The summed E-state index contributed by atoms with van der Waals surface area (Å²) in [5.41, 5.74) is 2.94. The molecule has 56 heavy (non-hydrogen) atoms. The molecule has 14 heteroatoms. The molecule has 2 aromatic carbocycles. The first-order chi connectivity index (χ1) is 27.0. The largest absolute Gasteiger partial charge is 0.453 e. The highest BCUT2D eigenvalue weighted by Gasteiger charge is 2.39. The quantitative estimate of drug-likeness (QED) is 0.163. The van der Waals surface area contributed by atoms with Crippen molar-refractivity contribution in [1.82, 2.24) is 40.4 Å². The number of H-pyrrole nitrogens is 2. The predicted octanol–water partition coefficient (Wildman–Crippen LogP) is 5.44. The maximum absolute atomic E-state index is 13.7. The van der Waals surface area contributed by atoms with Gasteiger partial charge >= 0.3 is 12.2 Å². The first-order valence-electron chi connectivity index (χ1n) is 18.9. The smallest absolute Gasteiger partial charge is 0.407 e. The number of ether oxygens (including phenoxy) is 2. The number of likely N-dealkylation sites (tertiary alicyclic amines) is 2. The van der Waals surface area contributed by atoms with Crippen molar-refractivity contribution >= 4 is 34.8 Å². The molecule has 0 spiro atoms. The lowest BCUT2D eigenvalue weighted by molar-refractivity contribution is -0.136. The predicted molar refractivity (Wildman–Crippen MR) is 210 cm³/mol. The zero-order valence-corrected chi connectivity index (χ0v) is 32.6. The molecule has 0 saturated carbocycles.